The van der Waals surface area contributed by atoms with Crippen molar-refractivity contribution in [2.45, 2.75) is 26.6 Å². The van der Waals surface area contributed by atoms with Gasteiger partial charge in [-0.1, -0.05) is 30.3 Å². The smallest absolute Gasteiger partial charge is 0.276 e. The highest BCUT2D eigenvalue weighted by Gasteiger charge is 2.10. The monoisotopic (exact) mass is 337 g/mol. The molecule has 1 aromatic carbocycles. The van der Waals surface area contributed by atoms with E-state index in [9.17, 15) is 9.59 Å². The summed E-state index contributed by atoms with van der Waals surface area (Å²) in [6.07, 6.45) is 3.29. The predicted octanol–water partition coefficient (Wildman–Crippen LogP) is 2.41. The van der Waals surface area contributed by atoms with Gasteiger partial charge in [0.15, 0.2) is 5.82 Å². The van der Waals surface area contributed by atoms with Gasteiger partial charge in [-0.05, 0) is 30.2 Å². The Kier molecular flexibility index (Phi) is 5.20. The molecule has 0 saturated heterocycles. The zero-order chi connectivity index (χ0) is 17.6. The summed E-state index contributed by atoms with van der Waals surface area (Å²) in [5.41, 5.74) is 2.19. The van der Waals surface area contributed by atoms with Crippen LogP contribution in [0.15, 0.2) is 59.7 Å². The van der Waals surface area contributed by atoms with Crippen LogP contribution in [-0.2, 0) is 29.2 Å². The van der Waals surface area contributed by atoms with Gasteiger partial charge in [0.2, 0.25) is 0 Å². The Hall–Kier alpha value is -2.99. The molecule has 0 aliphatic heterocycles. The SMILES string of the molecule is CC(=O)Cc1c[nH]n(-c2cc(COCc3ccccc3)ccn2)c1=O. The molecule has 0 bridgehead atoms. The zero-order valence-electron chi connectivity index (χ0n) is 13.9. The van der Waals surface area contributed by atoms with E-state index in [1.807, 2.05) is 36.4 Å². The largest absolute Gasteiger partial charge is 0.372 e. The van der Waals surface area contributed by atoms with Gasteiger partial charge in [0.05, 0.1) is 13.2 Å². The topological polar surface area (TPSA) is 77.0 Å². The van der Waals surface area contributed by atoms with Gasteiger partial charge in [-0.25, -0.2) is 9.67 Å². The van der Waals surface area contributed by atoms with Gasteiger partial charge in [-0.3, -0.25) is 14.7 Å². The number of Topliss-reactive ketones (excluding diaryl/α,β-unsaturated/α-hetero) is 1. The summed E-state index contributed by atoms with van der Waals surface area (Å²) in [7, 11) is 0. The summed E-state index contributed by atoms with van der Waals surface area (Å²) in [5.74, 6) is 0.417. The van der Waals surface area contributed by atoms with E-state index in [0.717, 1.165) is 11.1 Å². The van der Waals surface area contributed by atoms with E-state index in [1.54, 1.807) is 18.5 Å². The van der Waals surface area contributed by atoms with Gasteiger partial charge < -0.3 is 4.74 Å². The third-order valence-electron chi connectivity index (χ3n) is 3.70. The second-order valence-corrected chi connectivity index (χ2v) is 5.82. The third kappa shape index (κ3) is 4.30. The van der Waals surface area contributed by atoms with Gasteiger partial charge in [0.1, 0.15) is 5.78 Å². The molecule has 0 amide bonds. The van der Waals surface area contributed by atoms with Crippen molar-refractivity contribution in [2.75, 3.05) is 0 Å². The lowest BCUT2D eigenvalue weighted by atomic mass is 10.2. The molecule has 0 unspecified atom stereocenters. The van der Waals surface area contributed by atoms with Crippen LogP contribution < -0.4 is 5.56 Å². The average molecular weight is 337 g/mol. The fourth-order valence-electron chi connectivity index (χ4n) is 2.51. The molecule has 2 heterocycles. The highest BCUT2D eigenvalue weighted by atomic mass is 16.5. The molecular weight excluding hydrogens is 318 g/mol. The maximum absolute atomic E-state index is 12.3. The van der Waals surface area contributed by atoms with Crippen LogP contribution in [0, 0.1) is 0 Å². The van der Waals surface area contributed by atoms with Crippen molar-refractivity contribution in [2.24, 2.45) is 0 Å². The van der Waals surface area contributed by atoms with Crippen LogP contribution in [0.25, 0.3) is 5.82 Å². The summed E-state index contributed by atoms with van der Waals surface area (Å²) >= 11 is 0. The number of carbonyl (C=O) groups excluding carboxylic acids is 1. The van der Waals surface area contributed by atoms with E-state index in [2.05, 4.69) is 10.1 Å². The Labute approximate surface area is 145 Å². The van der Waals surface area contributed by atoms with Crippen molar-refractivity contribution >= 4 is 5.78 Å². The number of hydrogen-bond donors (Lipinski definition) is 1. The molecule has 0 radical (unpaired) electrons. The number of nitrogens with zero attached hydrogens (tertiary/aromatic N) is 2. The van der Waals surface area contributed by atoms with Gasteiger partial charge in [-0.15, -0.1) is 0 Å². The summed E-state index contributed by atoms with van der Waals surface area (Å²) in [4.78, 5) is 27.8. The molecule has 0 spiro atoms. The molecule has 25 heavy (non-hydrogen) atoms. The van der Waals surface area contributed by atoms with Crippen molar-refractivity contribution < 1.29 is 9.53 Å². The van der Waals surface area contributed by atoms with Crippen molar-refractivity contribution in [3.63, 3.8) is 0 Å². The zero-order valence-corrected chi connectivity index (χ0v) is 13.9. The molecule has 0 aliphatic rings. The standard InChI is InChI=1S/C19H19N3O3/c1-14(23)9-17-11-21-22(19(17)24)18-10-16(7-8-20-18)13-25-12-15-5-3-2-4-6-15/h2-8,10-11,21H,9,12-13H2,1H3. The Morgan fingerprint density at radius 1 is 1.16 bits per heavy atom. The molecule has 0 saturated carbocycles. The minimum Gasteiger partial charge on any atom is -0.372 e. The number of aromatic amines is 1. The number of aromatic nitrogens is 3. The van der Waals surface area contributed by atoms with Gasteiger partial charge in [0, 0.05) is 24.4 Å². The second-order valence-electron chi connectivity index (χ2n) is 5.82. The molecule has 128 valence electrons. The Balaban J connectivity index is 1.70. The summed E-state index contributed by atoms with van der Waals surface area (Å²) in [5, 5.41) is 2.85. The van der Waals surface area contributed by atoms with Crippen molar-refractivity contribution in [3.8, 4) is 5.82 Å². The summed E-state index contributed by atoms with van der Waals surface area (Å²) < 4.78 is 7.05. The molecule has 0 aliphatic carbocycles. The van der Waals surface area contributed by atoms with E-state index in [1.165, 1.54) is 11.6 Å². The first-order valence-corrected chi connectivity index (χ1v) is 7.99. The molecule has 1 N–H and O–H groups in total. The predicted molar refractivity (Wildman–Crippen MR) is 93.5 cm³/mol. The average Bonchev–Trinajstić information content (AvgIpc) is 2.96. The van der Waals surface area contributed by atoms with Crippen molar-refractivity contribution in [1.29, 1.82) is 0 Å². The van der Waals surface area contributed by atoms with Crippen LogP contribution in [0.4, 0.5) is 0 Å². The van der Waals surface area contributed by atoms with E-state index < -0.39 is 0 Å². The summed E-state index contributed by atoms with van der Waals surface area (Å²) in [6, 6.07) is 13.6. The first kappa shape index (κ1) is 16.9. The van der Waals surface area contributed by atoms with E-state index in [-0.39, 0.29) is 17.8 Å². The quantitative estimate of drug-likeness (QED) is 0.718. The van der Waals surface area contributed by atoms with E-state index in [0.29, 0.717) is 24.6 Å². The lowest BCUT2D eigenvalue weighted by Gasteiger charge is -2.06. The maximum Gasteiger partial charge on any atom is 0.276 e. The van der Waals surface area contributed by atoms with Crippen molar-refractivity contribution in [1.82, 2.24) is 14.8 Å². The molecular formula is C19H19N3O3. The van der Waals surface area contributed by atoms with Crippen molar-refractivity contribution in [3.05, 3.63) is 81.9 Å². The minimum atomic E-state index is -0.259. The molecule has 3 rings (SSSR count). The lowest BCUT2D eigenvalue weighted by Crippen LogP contribution is -2.19. The van der Waals surface area contributed by atoms with Crippen LogP contribution in [0.5, 0.6) is 0 Å². The Morgan fingerprint density at radius 2 is 1.92 bits per heavy atom. The summed E-state index contributed by atoms with van der Waals surface area (Å²) in [6.45, 7) is 2.39. The van der Waals surface area contributed by atoms with Crippen LogP contribution in [0.2, 0.25) is 0 Å². The lowest BCUT2D eigenvalue weighted by molar-refractivity contribution is -0.116. The number of H-pyrrole nitrogens is 1. The maximum atomic E-state index is 12.3. The Morgan fingerprint density at radius 3 is 2.68 bits per heavy atom. The highest BCUT2D eigenvalue weighted by Crippen LogP contribution is 2.09. The molecule has 6 nitrogen and oxygen atoms in total. The van der Waals surface area contributed by atoms with Crippen LogP contribution in [0.1, 0.15) is 23.6 Å². The van der Waals surface area contributed by atoms with Gasteiger partial charge in [0.25, 0.3) is 5.56 Å². The number of ether oxygens (including phenoxy) is 1. The number of benzene rings is 1. The molecule has 0 fully saturated rings. The van der Waals surface area contributed by atoms with Crippen LogP contribution in [0.3, 0.4) is 0 Å². The third-order valence-corrected chi connectivity index (χ3v) is 3.70. The molecule has 0 atom stereocenters. The Bertz CT molecular complexity index is 913. The number of nitrogens with one attached hydrogen (secondary N) is 1. The van der Waals surface area contributed by atoms with E-state index in [4.69, 9.17) is 4.74 Å². The number of hydrogen-bond acceptors (Lipinski definition) is 4. The molecule has 2 aromatic heterocycles. The second kappa shape index (κ2) is 7.72. The first-order chi connectivity index (χ1) is 12.1. The fraction of sp³-hybridized carbons (Fsp3) is 0.211. The molecule has 6 heteroatoms. The highest BCUT2D eigenvalue weighted by molar-refractivity contribution is 5.77. The number of carbonyl (C=O) groups is 1. The van der Waals surface area contributed by atoms with Crippen LogP contribution in [-0.4, -0.2) is 20.5 Å². The molecule has 3 aromatic rings. The van der Waals surface area contributed by atoms with Gasteiger partial charge >= 0.3 is 0 Å². The first-order valence-electron chi connectivity index (χ1n) is 7.99. The number of ketones is 1. The van der Waals surface area contributed by atoms with E-state index >= 15 is 0 Å². The number of rotatable bonds is 7. The fourth-order valence-corrected chi connectivity index (χ4v) is 2.51. The number of pyridine rings is 1. The normalized spacial score (nSPS) is 10.8. The minimum absolute atomic E-state index is 0.0562. The van der Waals surface area contributed by atoms with Crippen LogP contribution >= 0.6 is 0 Å². The van der Waals surface area contributed by atoms with Gasteiger partial charge in [-0.2, -0.15) is 0 Å².